The van der Waals surface area contributed by atoms with Crippen molar-refractivity contribution in [3.8, 4) is 0 Å². The molecule has 0 radical (unpaired) electrons. The Labute approximate surface area is 93.6 Å². The maximum Gasteiger partial charge on any atom is 0.339 e. The third kappa shape index (κ3) is 1.67. The van der Waals surface area contributed by atoms with Gasteiger partial charge >= 0.3 is 5.97 Å². The zero-order valence-corrected chi connectivity index (χ0v) is 9.30. The van der Waals surface area contributed by atoms with Crippen LogP contribution < -0.4 is 5.32 Å². The summed E-state index contributed by atoms with van der Waals surface area (Å²) >= 11 is 0. The fourth-order valence-electron chi connectivity index (χ4n) is 1.63. The fraction of sp³-hybridized carbons (Fsp3) is 0.200. The first-order valence-corrected chi connectivity index (χ1v) is 5.63. The van der Waals surface area contributed by atoms with Crippen LogP contribution in [0.1, 0.15) is 15.9 Å². The number of carbonyl (C=O) groups is 1. The predicted octanol–water partition coefficient (Wildman–Crippen LogP) is 0.450. The molecule has 5 nitrogen and oxygen atoms in total. The Hall–Kier alpha value is -1.82. The van der Waals surface area contributed by atoms with Crippen LogP contribution in [0.4, 0.5) is 5.69 Å². The van der Waals surface area contributed by atoms with Crippen molar-refractivity contribution in [2.45, 2.75) is 6.42 Å². The molecule has 0 bridgehead atoms. The molecule has 6 heteroatoms. The predicted molar refractivity (Wildman–Crippen MR) is 59.0 cm³/mol. The lowest BCUT2D eigenvalue weighted by Crippen LogP contribution is -2.10. The van der Waals surface area contributed by atoms with Crippen LogP contribution in [0.25, 0.3) is 0 Å². The van der Waals surface area contributed by atoms with E-state index in [2.05, 4.69) is 10.1 Å². The molecule has 0 atom stereocenters. The van der Waals surface area contributed by atoms with Gasteiger partial charge in [-0.15, -0.1) is 0 Å². The molecule has 84 valence electrons. The second-order valence-corrected chi connectivity index (χ2v) is 4.25. The molecule has 0 saturated heterocycles. The first-order valence-electron chi connectivity index (χ1n) is 4.56. The highest BCUT2D eigenvalue weighted by molar-refractivity contribution is 7.73. The van der Waals surface area contributed by atoms with Gasteiger partial charge in [0.1, 0.15) is 4.99 Å². The summed E-state index contributed by atoms with van der Waals surface area (Å²) in [4.78, 5) is 11.6. The quantitative estimate of drug-likeness (QED) is 0.569. The van der Waals surface area contributed by atoms with Gasteiger partial charge in [-0.05, 0) is 11.6 Å². The highest BCUT2D eigenvalue weighted by Crippen LogP contribution is 2.27. The summed E-state index contributed by atoms with van der Waals surface area (Å²) < 4.78 is 26.2. The van der Waals surface area contributed by atoms with E-state index in [1.54, 1.807) is 18.2 Å². The first-order chi connectivity index (χ1) is 7.63. The summed E-state index contributed by atoms with van der Waals surface area (Å²) in [7, 11) is -1.00. The Bertz CT molecular complexity index is 581. The molecule has 1 N–H and O–H groups in total. The molecular formula is C10H9NO4S. The number of rotatable bonds is 1. The van der Waals surface area contributed by atoms with Crippen molar-refractivity contribution in [2.24, 2.45) is 0 Å². The SMILES string of the molecule is COC(=O)c1cccc2c1NC(=S(=O)=O)C2. The summed E-state index contributed by atoms with van der Waals surface area (Å²) in [5, 5.41) is 2.72. The van der Waals surface area contributed by atoms with Crippen molar-refractivity contribution >= 4 is 26.9 Å². The minimum absolute atomic E-state index is 0.173. The van der Waals surface area contributed by atoms with Crippen LogP contribution in [0.2, 0.25) is 0 Å². The van der Waals surface area contributed by atoms with Gasteiger partial charge in [0, 0.05) is 6.42 Å². The molecule has 1 aliphatic heterocycles. The van der Waals surface area contributed by atoms with Crippen molar-refractivity contribution < 1.29 is 17.9 Å². The number of methoxy groups -OCH3 is 1. The number of hydrogen-bond donors (Lipinski definition) is 1. The van der Waals surface area contributed by atoms with E-state index in [-0.39, 0.29) is 11.4 Å². The van der Waals surface area contributed by atoms with E-state index in [0.717, 1.165) is 5.56 Å². The van der Waals surface area contributed by atoms with E-state index in [1.807, 2.05) is 0 Å². The lowest BCUT2D eigenvalue weighted by Gasteiger charge is -2.05. The standard InChI is InChI=1S/C10H9NO4S/c1-15-10(12)7-4-2-3-6-5-8(16(13)14)11-9(6)7/h2-4,11H,5H2,1H3. The van der Waals surface area contributed by atoms with Gasteiger partial charge < -0.3 is 10.1 Å². The molecule has 1 aliphatic rings. The van der Waals surface area contributed by atoms with Gasteiger partial charge in [-0.1, -0.05) is 12.1 Å². The topological polar surface area (TPSA) is 72.5 Å². The minimum Gasteiger partial charge on any atom is -0.465 e. The third-order valence-corrected chi connectivity index (χ3v) is 3.02. The number of fused-ring (bicyclic) bond motifs is 1. The number of ether oxygens (including phenoxy) is 1. The largest absolute Gasteiger partial charge is 0.465 e. The summed E-state index contributed by atoms with van der Waals surface area (Å²) in [5.74, 6) is -0.484. The van der Waals surface area contributed by atoms with Crippen LogP contribution in [0.15, 0.2) is 18.2 Å². The van der Waals surface area contributed by atoms with Gasteiger partial charge in [0.2, 0.25) is 10.3 Å². The van der Waals surface area contributed by atoms with Gasteiger partial charge in [0.15, 0.2) is 0 Å². The first kappa shape index (κ1) is 10.7. The Kier molecular flexibility index (Phi) is 2.66. The summed E-state index contributed by atoms with van der Waals surface area (Å²) in [6.45, 7) is 0. The molecule has 0 aliphatic carbocycles. The fourth-order valence-corrected chi connectivity index (χ4v) is 2.09. The number of esters is 1. The minimum atomic E-state index is -2.29. The van der Waals surface area contributed by atoms with Crippen molar-refractivity contribution in [1.29, 1.82) is 0 Å². The lowest BCUT2D eigenvalue weighted by molar-refractivity contribution is 0.0602. The van der Waals surface area contributed by atoms with E-state index in [4.69, 9.17) is 0 Å². The van der Waals surface area contributed by atoms with E-state index in [0.29, 0.717) is 11.3 Å². The van der Waals surface area contributed by atoms with Crippen molar-refractivity contribution in [2.75, 3.05) is 12.4 Å². The van der Waals surface area contributed by atoms with Gasteiger partial charge in [0.25, 0.3) is 0 Å². The van der Waals surface area contributed by atoms with Crippen molar-refractivity contribution in [3.05, 3.63) is 29.3 Å². The molecule has 0 amide bonds. The maximum atomic E-state index is 11.4. The van der Waals surface area contributed by atoms with Gasteiger partial charge in [0.05, 0.1) is 18.4 Å². The van der Waals surface area contributed by atoms with E-state index in [1.165, 1.54) is 7.11 Å². The molecule has 1 aromatic rings. The molecule has 1 heterocycles. The number of hydrogen-bond acceptors (Lipinski definition) is 4. The van der Waals surface area contributed by atoms with Crippen molar-refractivity contribution in [3.63, 3.8) is 0 Å². The molecule has 16 heavy (non-hydrogen) atoms. The van der Waals surface area contributed by atoms with Crippen LogP contribution in [-0.4, -0.2) is 26.5 Å². The lowest BCUT2D eigenvalue weighted by atomic mass is 10.1. The number of carbonyl (C=O) groups excluding carboxylic acids is 1. The molecule has 0 aromatic heterocycles. The van der Waals surface area contributed by atoms with E-state index >= 15 is 0 Å². The molecule has 0 spiro atoms. The van der Waals surface area contributed by atoms with Crippen LogP contribution in [0.5, 0.6) is 0 Å². The van der Waals surface area contributed by atoms with Crippen LogP contribution in [0.3, 0.4) is 0 Å². The molecule has 0 fully saturated rings. The van der Waals surface area contributed by atoms with E-state index in [9.17, 15) is 13.2 Å². The monoisotopic (exact) mass is 239 g/mol. The Morgan fingerprint density at radius 3 is 2.81 bits per heavy atom. The summed E-state index contributed by atoms with van der Waals surface area (Å²) in [5.41, 5.74) is 1.65. The number of para-hydroxylation sites is 1. The Morgan fingerprint density at radius 1 is 1.44 bits per heavy atom. The van der Waals surface area contributed by atoms with Gasteiger partial charge in [-0.2, -0.15) is 8.42 Å². The second kappa shape index (κ2) is 3.97. The van der Waals surface area contributed by atoms with E-state index < -0.39 is 16.3 Å². The van der Waals surface area contributed by atoms with Gasteiger partial charge in [-0.25, -0.2) is 4.79 Å². The van der Waals surface area contributed by atoms with Crippen LogP contribution in [-0.2, 0) is 21.5 Å². The average molecular weight is 239 g/mol. The number of anilines is 1. The molecule has 1 aromatic carbocycles. The summed E-state index contributed by atoms with van der Waals surface area (Å²) in [6.07, 6.45) is 0.288. The van der Waals surface area contributed by atoms with Crippen molar-refractivity contribution in [1.82, 2.24) is 0 Å². The Morgan fingerprint density at radius 2 is 2.19 bits per heavy atom. The molecule has 0 unspecified atom stereocenters. The zero-order chi connectivity index (χ0) is 11.7. The molecule has 2 rings (SSSR count). The second-order valence-electron chi connectivity index (χ2n) is 3.29. The number of nitrogens with one attached hydrogen (secondary N) is 1. The molecule has 0 saturated carbocycles. The normalized spacial score (nSPS) is 12.9. The molecular weight excluding hydrogens is 230 g/mol. The Balaban J connectivity index is 2.54. The van der Waals surface area contributed by atoms with Crippen LogP contribution in [0, 0.1) is 0 Å². The van der Waals surface area contributed by atoms with Gasteiger partial charge in [-0.3, -0.25) is 0 Å². The van der Waals surface area contributed by atoms with Crippen LogP contribution >= 0.6 is 0 Å². The third-order valence-electron chi connectivity index (χ3n) is 2.37. The average Bonchev–Trinajstić information content (AvgIpc) is 2.71. The zero-order valence-electron chi connectivity index (χ0n) is 8.48. The summed E-state index contributed by atoms with van der Waals surface area (Å²) in [6, 6.07) is 5.06. The number of benzene rings is 1. The maximum absolute atomic E-state index is 11.4. The highest BCUT2D eigenvalue weighted by Gasteiger charge is 2.23. The smallest absolute Gasteiger partial charge is 0.339 e. The highest BCUT2D eigenvalue weighted by atomic mass is 32.2.